The number of methoxy groups -OCH3 is 1. The van der Waals surface area contributed by atoms with Crippen LogP contribution in [-0.4, -0.2) is 26.9 Å². The average Bonchev–Trinajstić information content (AvgIpc) is 2.30. The molecule has 1 aliphatic heterocycles. The maximum atomic E-state index is 5.40. The van der Waals surface area contributed by atoms with E-state index in [0.717, 1.165) is 25.5 Å². The first-order chi connectivity index (χ1) is 6.90. The van der Waals surface area contributed by atoms with Crippen LogP contribution in [0.1, 0.15) is 11.6 Å². The largest absolute Gasteiger partial charge is 0.497 e. The third kappa shape index (κ3) is 3.09. The van der Waals surface area contributed by atoms with Crippen molar-refractivity contribution < 1.29 is 9.47 Å². The molecule has 3 nitrogen and oxygen atoms in total. The quantitative estimate of drug-likeness (QED) is 0.839. The number of benzene rings is 1. The summed E-state index contributed by atoms with van der Waals surface area (Å²) in [5, 5.41) is 3.41. The minimum Gasteiger partial charge on any atom is -0.497 e. The van der Waals surface area contributed by atoms with E-state index < -0.39 is 0 Å². The third-order valence-electron chi connectivity index (χ3n) is 2.44. The second kappa shape index (κ2) is 5.95. The van der Waals surface area contributed by atoms with Crippen molar-refractivity contribution in [1.82, 2.24) is 5.32 Å². The Morgan fingerprint density at radius 2 is 2.07 bits per heavy atom. The van der Waals surface area contributed by atoms with Crippen molar-refractivity contribution in [2.24, 2.45) is 0 Å². The van der Waals surface area contributed by atoms with Crippen molar-refractivity contribution in [3.8, 4) is 5.75 Å². The van der Waals surface area contributed by atoms with Gasteiger partial charge in [0.05, 0.1) is 26.4 Å². The summed E-state index contributed by atoms with van der Waals surface area (Å²) >= 11 is 0. The van der Waals surface area contributed by atoms with Gasteiger partial charge in [-0.05, 0) is 17.7 Å². The van der Waals surface area contributed by atoms with Gasteiger partial charge >= 0.3 is 0 Å². The van der Waals surface area contributed by atoms with Crippen LogP contribution >= 0.6 is 12.4 Å². The molecule has 0 spiro atoms. The van der Waals surface area contributed by atoms with Gasteiger partial charge in [-0.2, -0.15) is 0 Å². The Morgan fingerprint density at radius 1 is 1.33 bits per heavy atom. The lowest BCUT2D eigenvalue weighted by molar-refractivity contribution is 0.0768. The zero-order valence-electron chi connectivity index (χ0n) is 8.73. The summed E-state index contributed by atoms with van der Waals surface area (Å²) in [6.45, 7) is 2.50. The van der Waals surface area contributed by atoms with E-state index in [9.17, 15) is 0 Å². The highest BCUT2D eigenvalue weighted by atomic mass is 35.5. The lowest BCUT2D eigenvalue weighted by atomic mass is 10.1. The molecule has 1 heterocycles. The predicted molar refractivity (Wildman–Crippen MR) is 61.8 cm³/mol. The van der Waals surface area contributed by atoms with Crippen LogP contribution in [0.25, 0.3) is 0 Å². The highest BCUT2D eigenvalue weighted by molar-refractivity contribution is 5.85. The maximum absolute atomic E-state index is 5.40. The first-order valence-electron chi connectivity index (χ1n) is 4.85. The summed E-state index contributed by atoms with van der Waals surface area (Å²) in [7, 11) is 1.68. The Hall–Kier alpha value is -0.770. The second-order valence-corrected chi connectivity index (χ2v) is 3.35. The number of ether oxygens (including phenoxy) is 2. The fraction of sp³-hybridized carbons (Fsp3) is 0.455. The summed E-state index contributed by atoms with van der Waals surface area (Å²) in [5.41, 5.74) is 1.26. The summed E-state index contributed by atoms with van der Waals surface area (Å²) < 4.78 is 10.5. The molecular weight excluding hydrogens is 214 g/mol. The number of morpholine rings is 1. The molecule has 1 aromatic rings. The maximum Gasteiger partial charge on any atom is 0.118 e. The number of nitrogens with one attached hydrogen (secondary N) is 1. The van der Waals surface area contributed by atoms with E-state index >= 15 is 0 Å². The molecule has 15 heavy (non-hydrogen) atoms. The van der Waals surface area contributed by atoms with Gasteiger partial charge in [0.15, 0.2) is 0 Å². The summed E-state index contributed by atoms with van der Waals surface area (Å²) in [4.78, 5) is 0. The molecule has 0 aromatic heterocycles. The molecule has 4 heteroatoms. The minimum absolute atomic E-state index is 0. The number of rotatable bonds is 2. The van der Waals surface area contributed by atoms with Gasteiger partial charge in [0, 0.05) is 6.54 Å². The molecule has 1 fully saturated rings. The Morgan fingerprint density at radius 3 is 2.60 bits per heavy atom. The van der Waals surface area contributed by atoms with Crippen molar-refractivity contribution in [1.29, 1.82) is 0 Å². The van der Waals surface area contributed by atoms with E-state index in [-0.39, 0.29) is 12.4 Å². The van der Waals surface area contributed by atoms with Gasteiger partial charge < -0.3 is 14.8 Å². The van der Waals surface area contributed by atoms with Gasteiger partial charge in [0.1, 0.15) is 5.75 Å². The molecule has 0 aliphatic carbocycles. The van der Waals surface area contributed by atoms with Crippen LogP contribution in [0, 0.1) is 0 Å². The van der Waals surface area contributed by atoms with Crippen LogP contribution < -0.4 is 10.1 Å². The van der Waals surface area contributed by atoms with Gasteiger partial charge in [-0.3, -0.25) is 0 Å². The highest BCUT2D eigenvalue weighted by Crippen LogP contribution is 2.19. The number of hydrogen-bond donors (Lipinski definition) is 1. The molecule has 0 radical (unpaired) electrons. The highest BCUT2D eigenvalue weighted by Gasteiger charge is 2.14. The van der Waals surface area contributed by atoms with Crippen molar-refractivity contribution in [3.63, 3.8) is 0 Å². The summed E-state index contributed by atoms with van der Waals surface area (Å²) in [5.74, 6) is 0.894. The van der Waals surface area contributed by atoms with Crippen molar-refractivity contribution in [2.75, 3.05) is 26.9 Å². The number of hydrogen-bond acceptors (Lipinski definition) is 3. The lowest BCUT2D eigenvalue weighted by Gasteiger charge is -2.24. The zero-order chi connectivity index (χ0) is 9.80. The van der Waals surface area contributed by atoms with E-state index in [1.807, 2.05) is 12.1 Å². The molecule has 2 rings (SSSR count). The van der Waals surface area contributed by atoms with Crippen molar-refractivity contribution >= 4 is 12.4 Å². The molecule has 1 saturated heterocycles. The minimum atomic E-state index is 0. The van der Waals surface area contributed by atoms with Crippen LogP contribution in [-0.2, 0) is 4.74 Å². The van der Waals surface area contributed by atoms with E-state index in [2.05, 4.69) is 17.4 Å². The third-order valence-corrected chi connectivity index (χ3v) is 2.44. The molecule has 1 N–H and O–H groups in total. The topological polar surface area (TPSA) is 30.5 Å². The first kappa shape index (κ1) is 12.3. The molecule has 0 bridgehead atoms. The molecule has 84 valence electrons. The van der Waals surface area contributed by atoms with Gasteiger partial charge in [0.25, 0.3) is 0 Å². The van der Waals surface area contributed by atoms with Crippen LogP contribution in [0.4, 0.5) is 0 Å². The molecule has 0 saturated carbocycles. The SMILES string of the molecule is COc1ccc([C@H]2COCCN2)cc1.Cl. The van der Waals surface area contributed by atoms with Crippen LogP contribution in [0.15, 0.2) is 24.3 Å². The van der Waals surface area contributed by atoms with E-state index in [4.69, 9.17) is 9.47 Å². The molecule has 1 atom stereocenters. The Labute approximate surface area is 96.2 Å². The first-order valence-corrected chi connectivity index (χ1v) is 4.85. The molecule has 1 aromatic carbocycles. The van der Waals surface area contributed by atoms with E-state index in [0.29, 0.717) is 6.04 Å². The predicted octanol–water partition coefficient (Wildman–Crippen LogP) is 1.78. The average molecular weight is 230 g/mol. The van der Waals surface area contributed by atoms with Crippen molar-refractivity contribution in [2.45, 2.75) is 6.04 Å². The van der Waals surface area contributed by atoms with Crippen LogP contribution in [0.2, 0.25) is 0 Å². The molecule has 0 amide bonds. The fourth-order valence-corrected chi connectivity index (χ4v) is 1.62. The van der Waals surface area contributed by atoms with Gasteiger partial charge in [0.2, 0.25) is 0 Å². The molecule has 1 aliphatic rings. The standard InChI is InChI=1S/C11H15NO2.ClH/c1-13-10-4-2-9(3-5-10)11-8-14-7-6-12-11;/h2-5,11-12H,6-8H2,1H3;1H/t11-;/m1./s1. The Bertz CT molecular complexity index is 283. The van der Waals surface area contributed by atoms with Crippen molar-refractivity contribution in [3.05, 3.63) is 29.8 Å². The normalized spacial score (nSPS) is 20.5. The van der Waals surface area contributed by atoms with E-state index in [1.54, 1.807) is 7.11 Å². The van der Waals surface area contributed by atoms with Gasteiger partial charge in [-0.1, -0.05) is 12.1 Å². The fourth-order valence-electron chi connectivity index (χ4n) is 1.62. The van der Waals surface area contributed by atoms with Gasteiger partial charge in [-0.15, -0.1) is 12.4 Å². The molecule has 0 unspecified atom stereocenters. The summed E-state index contributed by atoms with van der Waals surface area (Å²) in [6, 6.07) is 8.43. The molecular formula is C11H16ClNO2. The van der Waals surface area contributed by atoms with Crippen LogP contribution in [0.5, 0.6) is 5.75 Å². The number of halogens is 1. The monoisotopic (exact) mass is 229 g/mol. The van der Waals surface area contributed by atoms with E-state index in [1.165, 1.54) is 5.56 Å². The second-order valence-electron chi connectivity index (χ2n) is 3.35. The van der Waals surface area contributed by atoms with Gasteiger partial charge in [-0.25, -0.2) is 0 Å². The Balaban J connectivity index is 0.00000112. The Kier molecular flexibility index (Phi) is 4.88. The lowest BCUT2D eigenvalue weighted by Crippen LogP contribution is -2.34. The zero-order valence-corrected chi connectivity index (χ0v) is 9.55. The smallest absolute Gasteiger partial charge is 0.118 e. The van der Waals surface area contributed by atoms with Crippen LogP contribution in [0.3, 0.4) is 0 Å². The summed E-state index contributed by atoms with van der Waals surface area (Å²) in [6.07, 6.45) is 0.